The molecule has 1 aromatic carbocycles. The SMILES string of the molecule is COc1ccc2c(c1)C(NCc1cccnc1)CCO2. The van der Waals surface area contributed by atoms with Gasteiger partial charge in [-0.25, -0.2) is 0 Å². The molecule has 0 aliphatic carbocycles. The van der Waals surface area contributed by atoms with Gasteiger partial charge in [-0.15, -0.1) is 0 Å². The Bertz CT molecular complexity index is 572. The number of fused-ring (bicyclic) bond motifs is 1. The van der Waals surface area contributed by atoms with Gasteiger partial charge in [-0.05, 0) is 29.8 Å². The lowest BCUT2D eigenvalue weighted by Crippen LogP contribution is -2.26. The molecule has 1 N–H and O–H groups in total. The standard InChI is InChI=1S/C16H18N2O2/c1-19-13-4-5-16-14(9-13)15(6-8-20-16)18-11-12-3-2-7-17-10-12/h2-5,7,9-10,15,18H,6,8,11H2,1H3. The molecule has 1 unspecified atom stereocenters. The molecule has 0 fully saturated rings. The van der Waals surface area contributed by atoms with Crippen LogP contribution in [0.15, 0.2) is 42.7 Å². The Morgan fingerprint density at radius 3 is 3.15 bits per heavy atom. The monoisotopic (exact) mass is 270 g/mol. The van der Waals surface area contributed by atoms with Crippen molar-refractivity contribution in [2.45, 2.75) is 19.0 Å². The minimum atomic E-state index is 0.286. The third kappa shape index (κ3) is 2.75. The Hall–Kier alpha value is -2.07. The van der Waals surface area contributed by atoms with Gasteiger partial charge in [0.2, 0.25) is 0 Å². The summed E-state index contributed by atoms with van der Waals surface area (Å²) < 4.78 is 11.0. The van der Waals surface area contributed by atoms with E-state index in [9.17, 15) is 0 Å². The lowest BCUT2D eigenvalue weighted by atomic mass is 10.00. The predicted molar refractivity (Wildman–Crippen MR) is 76.9 cm³/mol. The predicted octanol–water partition coefficient (Wildman–Crippen LogP) is 2.70. The lowest BCUT2D eigenvalue weighted by molar-refractivity contribution is 0.251. The van der Waals surface area contributed by atoms with Gasteiger partial charge in [0.25, 0.3) is 0 Å². The van der Waals surface area contributed by atoms with Gasteiger partial charge < -0.3 is 14.8 Å². The van der Waals surface area contributed by atoms with Crippen LogP contribution in [0.2, 0.25) is 0 Å². The van der Waals surface area contributed by atoms with E-state index in [0.717, 1.165) is 31.1 Å². The molecule has 0 radical (unpaired) electrons. The van der Waals surface area contributed by atoms with Crippen molar-refractivity contribution in [3.63, 3.8) is 0 Å². The molecular formula is C16H18N2O2. The minimum Gasteiger partial charge on any atom is -0.497 e. The van der Waals surface area contributed by atoms with Gasteiger partial charge >= 0.3 is 0 Å². The van der Waals surface area contributed by atoms with E-state index >= 15 is 0 Å². The number of hydrogen-bond acceptors (Lipinski definition) is 4. The van der Waals surface area contributed by atoms with Crippen LogP contribution in [0, 0.1) is 0 Å². The number of benzene rings is 1. The molecule has 1 aliphatic heterocycles. The second-order valence-corrected chi connectivity index (χ2v) is 4.84. The molecule has 0 spiro atoms. The van der Waals surface area contributed by atoms with Crippen molar-refractivity contribution in [2.75, 3.05) is 13.7 Å². The summed E-state index contributed by atoms with van der Waals surface area (Å²) in [5.74, 6) is 1.81. The molecule has 20 heavy (non-hydrogen) atoms. The Morgan fingerprint density at radius 2 is 2.35 bits per heavy atom. The largest absolute Gasteiger partial charge is 0.497 e. The van der Waals surface area contributed by atoms with E-state index in [2.05, 4.69) is 22.4 Å². The molecule has 2 aromatic rings. The summed E-state index contributed by atoms with van der Waals surface area (Å²) in [4.78, 5) is 4.14. The van der Waals surface area contributed by atoms with Crippen molar-refractivity contribution in [1.29, 1.82) is 0 Å². The van der Waals surface area contributed by atoms with Crippen molar-refractivity contribution >= 4 is 0 Å². The molecule has 104 valence electrons. The van der Waals surface area contributed by atoms with Crippen molar-refractivity contribution in [3.8, 4) is 11.5 Å². The molecular weight excluding hydrogens is 252 g/mol. The molecule has 4 heteroatoms. The van der Waals surface area contributed by atoms with Crippen LogP contribution in [0.25, 0.3) is 0 Å². The van der Waals surface area contributed by atoms with Crippen LogP contribution < -0.4 is 14.8 Å². The maximum Gasteiger partial charge on any atom is 0.124 e. The minimum absolute atomic E-state index is 0.286. The zero-order chi connectivity index (χ0) is 13.8. The quantitative estimate of drug-likeness (QED) is 0.927. The maximum absolute atomic E-state index is 5.70. The lowest BCUT2D eigenvalue weighted by Gasteiger charge is -2.27. The molecule has 3 rings (SSSR count). The maximum atomic E-state index is 5.70. The normalized spacial score (nSPS) is 17.1. The molecule has 1 aromatic heterocycles. The summed E-state index contributed by atoms with van der Waals surface area (Å²) in [6.45, 7) is 1.54. The fraction of sp³-hybridized carbons (Fsp3) is 0.312. The van der Waals surface area contributed by atoms with Crippen molar-refractivity contribution in [2.24, 2.45) is 0 Å². The molecule has 1 atom stereocenters. The van der Waals surface area contributed by atoms with Gasteiger partial charge in [-0.3, -0.25) is 4.98 Å². The molecule has 4 nitrogen and oxygen atoms in total. The highest BCUT2D eigenvalue weighted by atomic mass is 16.5. The summed E-state index contributed by atoms with van der Waals surface area (Å²) in [7, 11) is 1.68. The van der Waals surface area contributed by atoms with E-state index in [1.807, 2.05) is 24.4 Å². The molecule has 0 amide bonds. The average Bonchev–Trinajstić information content (AvgIpc) is 2.53. The highest BCUT2D eigenvalue weighted by Crippen LogP contribution is 2.34. The number of nitrogens with zero attached hydrogens (tertiary/aromatic N) is 1. The van der Waals surface area contributed by atoms with E-state index < -0.39 is 0 Å². The van der Waals surface area contributed by atoms with Gasteiger partial charge in [0.05, 0.1) is 13.7 Å². The molecule has 2 heterocycles. The van der Waals surface area contributed by atoms with Crippen LogP contribution >= 0.6 is 0 Å². The van der Waals surface area contributed by atoms with Gasteiger partial charge in [0.15, 0.2) is 0 Å². The van der Waals surface area contributed by atoms with Crippen LogP contribution in [0.3, 0.4) is 0 Å². The fourth-order valence-electron chi connectivity index (χ4n) is 2.46. The smallest absolute Gasteiger partial charge is 0.124 e. The number of aromatic nitrogens is 1. The fourth-order valence-corrected chi connectivity index (χ4v) is 2.46. The Kier molecular flexibility index (Phi) is 3.83. The highest BCUT2D eigenvalue weighted by molar-refractivity contribution is 5.43. The highest BCUT2D eigenvalue weighted by Gasteiger charge is 2.21. The van der Waals surface area contributed by atoms with Crippen LogP contribution in [0.4, 0.5) is 0 Å². The van der Waals surface area contributed by atoms with Crippen molar-refractivity contribution in [1.82, 2.24) is 10.3 Å². The van der Waals surface area contributed by atoms with Crippen LogP contribution in [0.1, 0.15) is 23.6 Å². The number of nitrogens with one attached hydrogen (secondary N) is 1. The number of ether oxygens (including phenoxy) is 2. The van der Waals surface area contributed by atoms with E-state index in [-0.39, 0.29) is 6.04 Å². The first-order valence-corrected chi connectivity index (χ1v) is 6.80. The summed E-state index contributed by atoms with van der Waals surface area (Å²) in [6.07, 6.45) is 4.64. The van der Waals surface area contributed by atoms with Crippen LogP contribution in [-0.2, 0) is 6.54 Å². The van der Waals surface area contributed by atoms with Crippen molar-refractivity contribution in [3.05, 3.63) is 53.9 Å². The van der Waals surface area contributed by atoms with Crippen molar-refractivity contribution < 1.29 is 9.47 Å². The third-order valence-electron chi connectivity index (χ3n) is 3.53. The Morgan fingerprint density at radius 1 is 1.40 bits per heavy atom. The number of pyridine rings is 1. The van der Waals surface area contributed by atoms with Crippen LogP contribution in [0.5, 0.6) is 11.5 Å². The van der Waals surface area contributed by atoms with E-state index in [1.165, 1.54) is 11.1 Å². The topological polar surface area (TPSA) is 43.4 Å². The van der Waals surface area contributed by atoms with E-state index in [1.54, 1.807) is 13.3 Å². The molecule has 0 bridgehead atoms. The summed E-state index contributed by atoms with van der Waals surface area (Å²) in [5.41, 5.74) is 2.35. The first kappa shape index (κ1) is 12.9. The van der Waals surface area contributed by atoms with E-state index in [4.69, 9.17) is 9.47 Å². The van der Waals surface area contributed by atoms with Gasteiger partial charge in [-0.2, -0.15) is 0 Å². The summed E-state index contributed by atoms with van der Waals surface area (Å²) in [5, 5.41) is 3.57. The second-order valence-electron chi connectivity index (χ2n) is 4.84. The van der Waals surface area contributed by atoms with Crippen LogP contribution in [-0.4, -0.2) is 18.7 Å². The zero-order valence-electron chi connectivity index (χ0n) is 11.5. The number of methoxy groups -OCH3 is 1. The van der Waals surface area contributed by atoms with E-state index in [0.29, 0.717) is 0 Å². The third-order valence-corrected chi connectivity index (χ3v) is 3.53. The first-order valence-electron chi connectivity index (χ1n) is 6.80. The van der Waals surface area contributed by atoms with Gasteiger partial charge in [0.1, 0.15) is 11.5 Å². The van der Waals surface area contributed by atoms with Gasteiger partial charge in [-0.1, -0.05) is 6.07 Å². The summed E-state index contributed by atoms with van der Waals surface area (Å²) >= 11 is 0. The first-order chi connectivity index (χ1) is 9.86. The molecule has 0 saturated carbocycles. The number of rotatable bonds is 4. The second kappa shape index (κ2) is 5.92. The zero-order valence-corrected chi connectivity index (χ0v) is 11.5. The molecule has 0 saturated heterocycles. The average molecular weight is 270 g/mol. The number of hydrogen-bond donors (Lipinski definition) is 1. The Labute approximate surface area is 118 Å². The van der Waals surface area contributed by atoms with Gasteiger partial charge in [0, 0.05) is 37.0 Å². The summed E-state index contributed by atoms with van der Waals surface area (Å²) in [6, 6.07) is 10.3. The molecule has 1 aliphatic rings. The Balaban J connectivity index is 1.75.